The quantitative estimate of drug-likeness (QED) is 0.803. The molecule has 1 N–H and O–H groups in total. The van der Waals surface area contributed by atoms with Gasteiger partial charge in [0, 0.05) is 5.69 Å². The van der Waals surface area contributed by atoms with E-state index in [4.69, 9.17) is 0 Å². The van der Waals surface area contributed by atoms with Crippen LogP contribution in [0.1, 0.15) is 11.1 Å². The van der Waals surface area contributed by atoms with Crippen LogP contribution in [0.2, 0.25) is 0 Å². The lowest BCUT2D eigenvalue weighted by atomic mass is 10.1. The molecule has 3 rings (SSSR count). The maximum absolute atomic E-state index is 12.3. The van der Waals surface area contributed by atoms with Crippen molar-refractivity contribution in [3.05, 3.63) is 63.9 Å². The van der Waals surface area contributed by atoms with Crippen molar-refractivity contribution < 1.29 is 4.79 Å². The van der Waals surface area contributed by atoms with E-state index in [1.165, 1.54) is 0 Å². The van der Waals surface area contributed by atoms with Crippen LogP contribution in [0, 0.1) is 13.8 Å². The van der Waals surface area contributed by atoms with Crippen molar-refractivity contribution in [2.24, 2.45) is 0 Å². The fraction of sp³-hybridized carbons (Fsp3) is 0.176. The lowest BCUT2D eigenvalue weighted by Crippen LogP contribution is -2.30. The molecule has 6 nitrogen and oxygen atoms in total. The maximum Gasteiger partial charge on any atom is 0.278 e. The van der Waals surface area contributed by atoms with Crippen LogP contribution in [0.4, 0.5) is 5.69 Å². The number of nitrogens with one attached hydrogen (secondary N) is 1. The minimum atomic E-state index is -0.327. The Morgan fingerprint density at radius 3 is 2.78 bits per heavy atom. The number of amides is 1. The first kappa shape index (κ1) is 14.9. The van der Waals surface area contributed by atoms with Gasteiger partial charge in [-0.15, -0.1) is 5.10 Å². The molecule has 116 valence electrons. The first-order chi connectivity index (χ1) is 11.0. The lowest BCUT2D eigenvalue weighted by Gasteiger charge is -2.10. The summed E-state index contributed by atoms with van der Waals surface area (Å²) in [5, 5.41) is 11.0. The SMILES string of the molecule is Cc1ccc(C)c(NC(=O)Cn2nnc3ccccc3c2=O)c1. The average molecular weight is 308 g/mol. The largest absolute Gasteiger partial charge is 0.324 e. The zero-order valence-corrected chi connectivity index (χ0v) is 12.9. The van der Waals surface area contributed by atoms with Crippen molar-refractivity contribution in [3.8, 4) is 0 Å². The summed E-state index contributed by atoms with van der Waals surface area (Å²) in [5.74, 6) is -0.314. The zero-order valence-electron chi connectivity index (χ0n) is 12.9. The fourth-order valence-electron chi connectivity index (χ4n) is 2.32. The first-order valence-electron chi connectivity index (χ1n) is 7.24. The molecular weight excluding hydrogens is 292 g/mol. The number of nitrogens with zero attached hydrogens (tertiary/aromatic N) is 3. The summed E-state index contributed by atoms with van der Waals surface area (Å²) in [7, 11) is 0. The maximum atomic E-state index is 12.3. The number of hydrogen-bond acceptors (Lipinski definition) is 4. The van der Waals surface area contributed by atoms with Crippen molar-refractivity contribution in [1.82, 2.24) is 15.0 Å². The number of hydrogen-bond donors (Lipinski definition) is 1. The Morgan fingerprint density at radius 2 is 1.96 bits per heavy atom. The van der Waals surface area contributed by atoms with Crippen LogP contribution in [0.15, 0.2) is 47.3 Å². The molecule has 23 heavy (non-hydrogen) atoms. The van der Waals surface area contributed by atoms with Gasteiger partial charge in [-0.25, -0.2) is 4.68 Å². The van der Waals surface area contributed by atoms with Crippen LogP contribution in [-0.4, -0.2) is 20.9 Å². The third kappa shape index (κ3) is 3.11. The van der Waals surface area contributed by atoms with Crippen molar-refractivity contribution >= 4 is 22.5 Å². The summed E-state index contributed by atoms with van der Waals surface area (Å²) in [6.45, 7) is 3.69. The van der Waals surface area contributed by atoms with Crippen molar-refractivity contribution in [2.75, 3.05) is 5.32 Å². The lowest BCUT2D eigenvalue weighted by molar-refractivity contribution is -0.117. The second-order valence-corrected chi connectivity index (χ2v) is 5.44. The molecule has 0 spiro atoms. The predicted molar refractivity (Wildman–Crippen MR) is 88.3 cm³/mol. The van der Waals surface area contributed by atoms with Crippen molar-refractivity contribution in [1.29, 1.82) is 0 Å². The van der Waals surface area contributed by atoms with Gasteiger partial charge in [0.25, 0.3) is 5.56 Å². The van der Waals surface area contributed by atoms with Crippen LogP contribution in [0.5, 0.6) is 0 Å². The molecular formula is C17H16N4O2. The highest BCUT2D eigenvalue weighted by Gasteiger charge is 2.10. The number of benzene rings is 2. The molecule has 1 heterocycles. The number of carbonyl (C=O) groups excluding carboxylic acids is 1. The van der Waals surface area contributed by atoms with Gasteiger partial charge in [-0.05, 0) is 43.2 Å². The Balaban J connectivity index is 1.84. The molecule has 0 bridgehead atoms. The molecule has 0 aliphatic heterocycles. The summed E-state index contributed by atoms with van der Waals surface area (Å²) in [4.78, 5) is 24.5. The second kappa shape index (κ2) is 6.00. The number of fused-ring (bicyclic) bond motifs is 1. The molecule has 1 aromatic heterocycles. The van der Waals surface area contributed by atoms with Gasteiger partial charge >= 0.3 is 0 Å². The minimum absolute atomic E-state index is 0.177. The molecule has 0 unspecified atom stereocenters. The molecule has 0 saturated heterocycles. The number of rotatable bonds is 3. The Labute approximate surface area is 132 Å². The van der Waals surface area contributed by atoms with E-state index < -0.39 is 0 Å². The van der Waals surface area contributed by atoms with Gasteiger partial charge in [-0.2, -0.15) is 0 Å². The van der Waals surface area contributed by atoms with E-state index in [-0.39, 0.29) is 18.0 Å². The van der Waals surface area contributed by atoms with Crippen LogP contribution < -0.4 is 10.9 Å². The average Bonchev–Trinajstić information content (AvgIpc) is 2.54. The van der Waals surface area contributed by atoms with Crippen LogP contribution in [0.25, 0.3) is 10.9 Å². The Kier molecular flexibility index (Phi) is 3.89. The van der Waals surface area contributed by atoms with E-state index in [0.717, 1.165) is 21.5 Å². The van der Waals surface area contributed by atoms with Gasteiger partial charge < -0.3 is 5.32 Å². The normalized spacial score (nSPS) is 10.7. The highest BCUT2D eigenvalue weighted by molar-refractivity contribution is 5.91. The molecule has 1 amide bonds. The topological polar surface area (TPSA) is 76.9 Å². The Bertz CT molecular complexity index is 947. The number of carbonyl (C=O) groups is 1. The van der Waals surface area contributed by atoms with Crippen LogP contribution in [0.3, 0.4) is 0 Å². The fourth-order valence-corrected chi connectivity index (χ4v) is 2.32. The zero-order chi connectivity index (χ0) is 16.4. The Hall–Kier alpha value is -3.02. The highest BCUT2D eigenvalue weighted by atomic mass is 16.2. The van der Waals surface area contributed by atoms with E-state index in [1.54, 1.807) is 24.3 Å². The molecule has 0 radical (unpaired) electrons. The van der Waals surface area contributed by atoms with Crippen LogP contribution in [-0.2, 0) is 11.3 Å². The molecule has 0 atom stereocenters. The predicted octanol–water partition coefficient (Wildman–Crippen LogP) is 2.05. The number of aryl methyl sites for hydroxylation is 2. The first-order valence-corrected chi connectivity index (χ1v) is 7.24. The van der Waals surface area contributed by atoms with E-state index in [9.17, 15) is 9.59 Å². The van der Waals surface area contributed by atoms with Gasteiger partial charge in [0.2, 0.25) is 5.91 Å². The van der Waals surface area contributed by atoms with Gasteiger partial charge in [-0.3, -0.25) is 9.59 Å². The second-order valence-electron chi connectivity index (χ2n) is 5.44. The molecule has 6 heteroatoms. The number of aromatic nitrogens is 3. The van der Waals surface area contributed by atoms with Crippen molar-refractivity contribution in [2.45, 2.75) is 20.4 Å². The molecule has 0 aliphatic carbocycles. The van der Waals surface area contributed by atoms with Crippen molar-refractivity contribution in [3.63, 3.8) is 0 Å². The van der Waals surface area contributed by atoms with E-state index >= 15 is 0 Å². The minimum Gasteiger partial charge on any atom is -0.324 e. The summed E-state index contributed by atoms with van der Waals surface area (Å²) < 4.78 is 1.07. The summed E-state index contributed by atoms with van der Waals surface area (Å²) in [6, 6.07) is 12.7. The summed E-state index contributed by atoms with van der Waals surface area (Å²) in [5.41, 5.74) is 2.93. The number of anilines is 1. The third-order valence-electron chi connectivity index (χ3n) is 3.59. The molecule has 2 aromatic carbocycles. The van der Waals surface area contributed by atoms with Gasteiger partial charge in [0.05, 0.1) is 5.39 Å². The monoisotopic (exact) mass is 308 g/mol. The molecule has 0 fully saturated rings. The molecule has 0 saturated carbocycles. The summed E-state index contributed by atoms with van der Waals surface area (Å²) >= 11 is 0. The molecule has 0 aliphatic rings. The molecule has 3 aromatic rings. The van der Waals surface area contributed by atoms with E-state index in [0.29, 0.717) is 10.9 Å². The Morgan fingerprint density at radius 1 is 1.17 bits per heavy atom. The highest BCUT2D eigenvalue weighted by Crippen LogP contribution is 2.16. The smallest absolute Gasteiger partial charge is 0.278 e. The van der Waals surface area contributed by atoms with Gasteiger partial charge in [0.1, 0.15) is 12.1 Å². The standard InChI is InChI=1S/C17H16N4O2/c1-11-7-8-12(2)15(9-11)18-16(22)10-21-17(23)13-5-3-4-6-14(13)19-20-21/h3-9H,10H2,1-2H3,(H,18,22). The summed E-state index contributed by atoms with van der Waals surface area (Å²) in [6.07, 6.45) is 0. The van der Waals surface area contributed by atoms with Crippen LogP contribution >= 0.6 is 0 Å². The third-order valence-corrected chi connectivity index (χ3v) is 3.59. The van der Waals surface area contributed by atoms with Gasteiger partial charge in [-0.1, -0.05) is 29.5 Å². The van der Waals surface area contributed by atoms with Gasteiger partial charge in [0.15, 0.2) is 0 Å². The van der Waals surface area contributed by atoms with E-state index in [1.807, 2.05) is 32.0 Å². The van der Waals surface area contributed by atoms with E-state index in [2.05, 4.69) is 15.6 Å².